The van der Waals surface area contributed by atoms with E-state index in [0.717, 1.165) is 9.90 Å². The third-order valence-electron chi connectivity index (χ3n) is 1.81. The Morgan fingerprint density at radius 1 is 1.38 bits per heavy atom. The quantitative estimate of drug-likeness (QED) is 0.576. The molecule has 4 heteroatoms. The molecule has 0 amide bonds. The van der Waals surface area contributed by atoms with Gasteiger partial charge in [-0.2, -0.15) is 0 Å². The van der Waals surface area contributed by atoms with Crippen molar-refractivity contribution in [1.82, 2.24) is 0 Å². The molecular weight excluding hydrogens is 218 g/mol. The molecule has 0 unspecified atom stereocenters. The van der Waals surface area contributed by atoms with E-state index in [9.17, 15) is 0 Å². The fraction of sp³-hybridized carbons (Fsp3) is 0.111. The van der Waals surface area contributed by atoms with Crippen LogP contribution in [0.1, 0.15) is 0 Å². The van der Waals surface area contributed by atoms with Gasteiger partial charge in [0.25, 0.3) is 0 Å². The molecule has 0 bridgehead atoms. The van der Waals surface area contributed by atoms with Crippen LogP contribution in [0, 0.1) is 0 Å². The molecule has 0 aliphatic carbocycles. The van der Waals surface area contributed by atoms with Gasteiger partial charge in [-0.05, 0) is 29.8 Å². The Morgan fingerprint density at radius 3 is 2.85 bits per heavy atom. The van der Waals surface area contributed by atoms with Gasteiger partial charge in [-0.15, -0.1) is 35.7 Å². The standard InChI is InChI=1S/C9H9NS3/c1-12-7-4-6(11)2-5-3-8(10)13-9(5)7/h2-4,11H,10H2,1H3. The van der Waals surface area contributed by atoms with Crippen molar-refractivity contribution in [2.75, 3.05) is 12.0 Å². The Hall–Kier alpha value is -0.320. The lowest BCUT2D eigenvalue weighted by molar-refractivity contribution is 1.42. The lowest BCUT2D eigenvalue weighted by Crippen LogP contribution is -1.72. The highest BCUT2D eigenvalue weighted by molar-refractivity contribution is 7.99. The Labute approximate surface area is 90.7 Å². The molecule has 2 aromatic rings. The van der Waals surface area contributed by atoms with E-state index in [0.29, 0.717) is 0 Å². The van der Waals surface area contributed by atoms with Gasteiger partial charge in [-0.1, -0.05) is 0 Å². The Kier molecular flexibility index (Phi) is 2.45. The third-order valence-corrected chi connectivity index (χ3v) is 3.97. The molecule has 68 valence electrons. The predicted octanol–water partition coefficient (Wildman–Crippen LogP) is 3.49. The maximum Gasteiger partial charge on any atom is 0.0869 e. The van der Waals surface area contributed by atoms with Gasteiger partial charge in [0, 0.05) is 9.79 Å². The average molecular weight is 227 g/mol. The van der Waals surface area contributed by atoms with Gasteiger partial charge in [0.05, 0.1) is 9.70 Å². The summed E-state index contributed by atoms with van der Waals surface area (Å²) in [6.07, 6.45) is 2.07. The van der Waals surface area contributed by atoms with Gasteiger partial charge >= 0.3 is 0 Å². The van der Waals surface area contributed by atoms with E-state index in [4.69, 9.17) is 5.73 Å². The van der Waals surface area contributed by atoms with Crippen LogP contribution >= 0.6 is 35.7 Å². The maximum absolute atomic E-state index is 5.75. The van der Waals surface area contributed by atoms with Crippen LogP contribution in [0.4, 0.5) is 5.00 Å². The van der Waals surface area contributed by atoms with Crippen molar-refractivity contribution in [3.05, 3.63) is 18.2 Å². The number of thiol groups is 1. The maximum atomic E-state index is 5.75. The van der Waals surface area contributed by atoms with Gasteiger partial charge in [-0.3, -0.25) is 0 Å². The van der Waals surface area contributed by atoms with Crippen molar-refractivity contribution in [2.24, 2.45) is 0 Å². The second-order valence-corrected chi connectivity index (χ2v) is 5.16. The number of anilines is 1. The minimum Gasteiger partial charge on any atom is -0.391 e. The molecule has 0 aliphatic heterocycles. The molecule has 0 atom stereocenters. The number of hydrogen-bond acceptors (Lipinski definition) is 4. The topological polar surface area (TPSA) is 26.0 Å². The van der Waals surface area contributed by atoms with E-state index in [1.807, 2.05) is 12.1 Å². The van der Waals surface area contributed by atoms with E-state index in [-0.39, 0.29) is 0 Å². The van der Waals surface area contributed by atoms with Crippen molar-refractivity contribution < 1.29 is 0 Å². The largest absolute Gasteiger partial charge is 0.391 e. The molecule has 1 aromatic carbocycles. The van der Waals surface area contributed by atoms with Gasteiger partial charge in [0.2, 0.25) is 0 Å². The number of fused-ring (bicyclic) bond motifs is 1. The third kappa shape index (κ3) is 1.66. The Balaban J connectivity index is 2.80. The molecule has 0 aliphatic rings. The highest BCUT2D eigenvalue weighted by Crippen LogP contribution is 2.36. The van der Waals surface area contributed by atoms with E-state index in [1.54, 1.807) is 23.1 Å². The van der Waals surface area contributed by atoms with Crippen molar-refractivity contribution in [1.29, 1.82) is 0 Å². The summed E-state index contributed by atoms with van der Waals surface area (Å²) in [5, 5.41) is 2.06. The summed E-state index contributed by atoms with van der Waals surface area (Å²) in [7, 11) is 0. The molecule has 0 saturated heterocycles. The lowest BCUT2D eigenvalue weighted by Gasteiger charge is -1.99. The van der Waals surface area contributed by atoms with Crippen LogP contribution in [0.3, 0.4) is 0 Å². The first-order valence-corrected chi connectivity index (χ1v) is 6.25. The molecule has 1 aromatic heterocycles. The predicted molar refractivity (Wildman–Crippen MR) is 65.3 cm³/mol. The smallest absolute Gasteiger partial charge is 0.0869 e. The van der Waals surface area contributed by atoms with E-state index in [2.05, 4.69) is 25.0 Å². The lowest BCUT2D eigenvalue weighted by atomic mass is 10.3. The molecule has 1 heterocycles. The molecule has 0 spiro atoms. The molecule has 13 heavy (non-hydrogen) atoms. The zero-order chi connectivity index (χ0) is 9.42. The zero-order valence-corrected chi connectivity index (χ0v) is 9.60. The second-order valence-electron chi connectivity index (χ2n) is 2.72. The van der Waals surface area contributed by atoms with Crippen molar-refractivity contribution in [3.8, 4) is 0 Å². The molecule has 0 saturated carbocycles. The summed E-state index contributed by atoms with van der Waals surface area (Å²) in [6, 6.07) is 6.12. The van der Waals surface area contributed by atoms with Gasteiger partial charge in [0.15, 0.2) is 0 Å². The number of hydrogen-bond donors (Lipinski definition) is 2. The summed E-state index contributed by atoms with van der Waals surface area (Å²) in [6.45, 7) is 0. The first-order chi connectivity index (χ1) is 6.20. The number of benzene rings is 1. The number of rotatable bonds is 1. The zero-order valence-electron chi connectivity index (χ0n) is 7.07. The van der Waals surface area contributed by atoms with Crippen LogP contribution in [0.15, 0.2) is 28.0 Å². The van der Waals surface area contributed by atoms with Gasteiger partial charge in [0.1, 0.15) is 0 Å². The number of thioether (sulfide) groups is 1. The fourth-order valence-corrected chi connectivity index (χ4v) is 3.37. The summed E-state index contributed by atoms with van der Waals surface area (Å²) in [5.74, 6) is 0. The fourth-order valence-electron chi connectivity index (χ4n) is 1.28. The first-order valence-electron chi connectivity index (χ1n) is 3.76. The van der Waals surface area contributed by atoms with Crippen LogP contribution < -0.4 is 5.73 Å². The summed E-state index contributed by atoms with van der Waals surface area (Å²) in [5.41, 5.74) is 5.75. The minimum atomic E-state index is 0.865. The number of thiophene rings is 1. The molecule has 0 radical (unpaired) electrons. The molecule has 0 fully saturated rings. The molecule has 2 N–H and O–H groups in total. The normalized spacial score (nSPS) is 10.9. The van der Waals surface area contributed by atoms with Crippen LogP contribution in [-0.2, 0) is 0 Å². The molecular formula is C9H9NS3. The molecule has 2 rings (SSSR count). The number of nitrogen functional groups attached to an aromatic ring is 1. The minimum absolute atomic E-state index is 0.865. The molecule has 1 nitrogen and oxygen atoms in total. The monoisotopic (exact) mass is 227 g/mol. The second kappa shape index (κ2) is 3.44. The SMILES string of the molecule is CSc1cc(S)cc2cc(N)sc12. The average Bonchev–Trinajstić information content (AvgIpc) is 2.43. The van der Waals surface area contributed by atoms with E-state index < -0.39 is 0 Å². The number of nitrogens with two attached hydrogens (primary N) is 1. The Bertz CT molecular complexity index is 447. The van der Waals surface area contributed by atoms with Crippen molar-refractivity contribution in [2.45, 2.75) is 9.79 Å². The van der Waals surface area contributed by atoms with E-state index in [1.165, 1.54) is 15.0 Å². The van der Waals surface area contributed by atoms with Gasteiger partial charge < -0.3 is 5.73 Å². The highest BCUT2D eigenvalue weighted by Gasteiger charge is 2.05. The van der Waals surface area contributed by atoms with Crippen molar-refractivity contribution >= 4 is 50.8 Å². The Morgan fingerprint density at radius 2 is 2.15 bits per heavy atom. The highest BCUT2D eigenvalue weighted by atomic mass is 32.2. The van der Waals surface area contributed by atoms with Crippen LogP contribution in [0.5, 0.6) is 0 Å². The van der Waals surface area contributed by atoms with E-state index >= 15 is 0 Å². The summed E-state index contributed by atoms with van der Waals surface area (Å²) >= 11 is 7.71. The first kappa shape index (κ1) is 9.24. The van der Waals surface area contributed by atoms with Crippen molar-refractivity contribution in [3.63, 3.8) is 0 Å². The van der Waals surface area contributed by atoms with Crippen LogP contribution in [-0.4, -0.2) is 6.26 Å². The summed E-state index contributed by atoms with van der Waals surface area (Å²) in [4.78, 5) is 2.25. The van der Waals surface area contributed by atoms with Gasteiger partial charge in [-0.25, -0.2) is 0 Å². The summed E-state index contributed by atoms with van der Waals surface area (Å²) < 4.78 is 1.27. The van der Waals surface area contributed by atoms with Crippen LogP contribution in [0.25, 0.3) is 10.1 Å². The van der Waals surface area contributed by atoms with Crippen LogP contribution in [0.2, 0.25) is 0 Å².